The van der Waals surface area contributed by atoms with Crippen molar-refractivity contribution >= 4 is 39.5 Å². The van der Waals surface area contributed by atoms with E-state index in [0.29, 0.717) is 25.7 Å². The Morgan fingerprint density at radius 3 is 0.621 bits per heavy atom. The highest BCUT2D eigenvalue weighted by atomic mass is 31.2. The minimum atomic E-state index is -4.96. The number of aliphatic hydroxyl groups is 1. The molecule has 0 aromatic rings. The molecular weight excluding hydrogens is 1250 g/mol. The topological polar surface area (TPSA) is 237 Å². The highest BCUT2D eigenvalue weighted by Crippen LogP contribution is 2.45. The van der Waals surface area contributed by atoms with Gasteiger partial charge < -0.3 is 33.8 Å². The lowest BCUT2D eigenvalue weighted by atomic mass is 10.0. The molecule has 5 atom stereocenters. The molecule has 564 valence electrons. The first-order chi connectivity index (χ1) is 46.2. The molecule has 0 aromatic heterocycles. The van der Waals surface area contributed by atoms with E-state index in [1.54, 1.807) is 0 Å². The molecule has 17 nitrogen and oxygen atoms in total. The van der Waals surface area contributed by atoms with Crippen molar-refractivity contribution in [3.8, 4) is 0 Å². The summed E-state index contributed by atoms with van der Waals surface area (Å²) < 4.78 is 68.5. The van der Waals surface area contributed by atoms with E-state index in [9.17, 15) is 43.2 Å². The van der Waals surface area contributed by atoms with Crippen molar-refractivity contribution in [3.05, 3.63) is 0 Å². The molecule has 0 aliphatic heterocycles. The molecule has 19 heteroatoms. The molecule has 0 amide bonds. The van der Waals surface area contributed by atoms with Crippen LogP contribution in [0.3, 0.4) is 0 Å². The van der Waals surface area contributed by atoms with Gasteiger partial charge >= 0.3 is 39.5 Å². The van der Waals surface area contributed by atoms with Crippen LogP contribution >= 0.6 is 15.6 Å². The average molecular weight is 1400 g/mol. The van der Waals surface area contributed by atoms with Crippen LogP contribution in [0.25, 0.3) is 0 Å². The second-order valence-electron chi connectivity index (χ2n) is 27.4. The van der Waals surface area contributed by atoms with Gasteiger partial charge in [0.25, 0.3) is 0 Å². The molecule has 0 aromatic carbocycles. The predicted octanol–water partition coefficient (Wildman–Crippen LogP) is 22.6. The SMILES string of the molecule is CCCCCCCCCCCCCCCCCCCCCC(=O)O[C@H](COC(=O)CCCCCCCCCCCCCCCCCC)COP(=O)(O)OC[C@@H](O)COP(=O)(O)OC[C@@H](COC(=O)CCCCCCCCCC)OC(=O)CCCCCCCCCCCCCC. The van der Waals surface area contributed by atoms with Gasteiger partial charge in [-0.25, -0.2) is 9.13 Å². The van der Waals surface area contributed by atoms with Crippen LogP contribution in [0, 0.1) is 0 Å². The predicted molar refractivity (Wildman–Crippen MR) is 386 cm³/mol. The van der Waals surface area contributed by atoms with Gasteiger partial charge in [0.1, 0.15) is 19.3 Å². The van der Waals surface area contributed by atoms with Crippen LogP contribution in [0.2, 0.25) is 0 Å². The first-order valence-electron chi connectivity index (χ1n) is 39.8. The Morgan fingerprint density at radius 1 is 0.253 bits per heavy atom. The summed E-state index contributed by atoms with van der Waals surface area (Å²) in [5, 5.41) is 10.6. The molecule has 0 heterocycles. The van der Waals surface area contributed by atoms with Crippen molar-refractivity contribution < 1.29 is 80.2 Å². The van der Waals surface area contributed by atoms with Crippen molar-refractivity contribution in [3.63, 3.8) is 0 Å². The molecule has 0 fully saturated rings. The highest BCUT2D eigenvalue weighted by molar-refractivity contribution is 7.47. The lowest BCUT2D eigenvalue weighted by Crippen LogP contribution is -2.30. The van der Waals surface area contributed by atoms with Gasteiger partial charge in [0, 0.05) is 25.7 Å². The van der Waals surface area contributed by atoms with Gasteiger partial charge in [-0.1, -0.05) is 355 Å². The fourth-order valence-corrected chi connectivity index (χ4v) is 13.3. The van der Waals surface area contributed by atoms with Gasteiger partial charge in [-0.3, -0.25) is 37.3 Å². The van der Waals surface area contributed by atoms with Gasteiger partial charge in [0.15, 0.2) is 12.2 Å². The standard InChI is InChI=1S/C76H148O17P2/c1-5-9-13-17-21-25-28-31-33-35-36-37-39-41-44-47-51-55-59-63-76(81)93-72(67-87-74(79)61-57-53-49-45-43-40-38-34-32-29-26-22-18-14-10-6-2)69-91-95(84,85)89-65-70(77)64-88-94(82,83)90-68-71(66-86-73(78)60-56-52-48-24-20-16-12-8-4)92-75(80)62-58-54-50-46-42-30-27-23-19-15-11-7-3/h70-72,77H,5-69H2,1-4H3,(H,82,83)(H,84,85)/t70-,71+,72+/m0/s1. The van der Waals surface area contributed by atoms with Crippen molar-refractivity contribution in [2.24, 2.45) is 0 Å². The van der Waals surface area contributed by atoms with Crippen molar-refractivity contribution in [2.75, 3.05) is 39.6 Å². The molecule has 0 spiro atoms. The van der Waals surface area contributed by atoms with Crippen LogP contribution in [0.4, 0.5) is 0 Å². The van der Waals surface area contributed by atoms with Crippen LogP contribution in [0.15, 0.2) is 0 Å². The van der Waals surface area contributed by atoms with Crippen molar-refractivity contribution in [2.45, 2.75) is 425 Å². The van der Waals surface area contributed by atoms with Crippen molar-refractivity contribution in [1.29, 1.82) is 0 Å². The molecule has 0 bridgehead atoms. The Morgan fingerprint density at radius 2 is 0.421 bits per heavy atom. The summed E-state index contributed by atoms with van der Waals surface area (Å²) in [6, 6.07) is 0. The molecular formula is C76H148O17P2. The Hall–Kier alpha value is -1.94. The first kappa shape index (κ1) is 93.1. The molecule has 2 unspecified atom stereocenters. The largest absolute Gasteiger partial charge is 0.472 e. The molecule has 95 heavy (non-hydrogen) atoms. The number of unbranched alkanes of at least 4 members (excludes halogenated alkanes) is 51. The zero-order valence-electron chi connectivity index (χ0n) is 61.6. The molecule has 0 radical (unpaired) electrons. The lowest BCUT2D eigenvalue weighted by molar-refractivity contribution is -0.161. The zero-order chi connectivity index (χ0) is 69.7. The van der Waals surface area contributed by atoms with E-state index in [-0.39, 0.29) is 25.7 Å². The normalized spacial score (nSPS) is 13.9. The highest BCUT2D eigenvalue weighted by Gasteiger charge is 2.30. The molecule has 0 saturated heterocycles. The minimum Gasteiger partial charge on any atom is -0.462 e. The molecule has 0 aliphatic rings. The number of aliphatic hydroxyl groups excluding tert-OH is 1. The van der Waals surface area contributed by atoms with E-state index < -0.39 is 97.5 Å². The van der Waals surface area contributed by atoms with Crippen LogP contribution in [-0.4, -0.2) is 96.7 Å². The van der Waals surface area contributed by atoms with Gasteiger partial charge in [-0.05, 0) is 25.7 Å². The summed E-state index contributed by atoms with van der Waals surface area (Å²) in [7, 11) is -9.90. The van der Waals surface area contributed by atoms with Crippen LogP contribution < -0.4 is 0 Å². The molecule has 0 rings (SSSR count). The number of carbonyl (C=O) groups excluding carboxylic acids is 4. The van der Waals surface area contributed by atoms with E-state index in [4.69, 9.17) is 37.0 Å². The number of carbonyl (C=O) groups is 4. The Balaban J connectivity index is 5.20. The maximum absolute atomic E-state index is 13.1. The Labute approximate surface area is 581 Å². The quantitative estimate of drug-likeness (QED) is 0.0222. The van der Waals surface area contributed by atoms with Gasteiger partial charge in [0.05, 0.1) is 26.4 Å². The average Bonchev–Trinajstić information content (AvgIpc) is 1.40. The second kappa shape index (κ2) is 70.5. The third-order valence-electron chi connectivity index (χ3n) is 17.9. The number of phosphoric acid groups is 2. The summed E-state index contributed by atoms with van der Waals surface area (Å²) in [5.41, 5.74) is 0. The maximum Gasteiger partial charge on any atom is 0.472 e. The minimum absolute atomic E-state index is 0.108. The summed E-state index contributed by atoms with van der Waals surface area (Å²) in [4.78, 5) is 72.7. The summed E-state index contributed by atoms with van der Waals surface area (Å²) >= 11 is 0. The van der Waals surface area contributed by atoms with Crippen LogP contribution in [-0.2, 0) is 65.4 Å². The van der Waals surface area contributed by atoms with E-state index >= 15 is 0 Å². The fraction of sp³-hybridized carbons (Fsp3) is 0.947. The monoisotopic (exact) mass is 1400 g/mol. The number of esters is 4. The van der Waals surface area contributed by atoms with Gasteiger partial charge in [0.2, 0.25) is 0 Å². The molecule has 3 N–H and O–H groups in total. The third kappa shape index (κ3) is 70.3. The fourth-order valence-electron chi connectivity index (χ4n) is 11.8. The van der Waals surface area contributed by atoms with Crippen molar-refractivity contribution in [1.82, 2.24) is 0 Å². The van der Waals surface area contributed by atoms with E-state index in [1.165, 1.54) is 238 Å². The van der Waals surface area contributed by atoms with Crippen LogP contribution in [0.5, 0.6) is 0 Å². The van der Waals surface area contributed by atoms with E-state index in [2.05, 4.69) is 27.7 Å². The second-order valence-corrected chi connectivity index (χ2v) is 30.3. The lowest BCUT2D eigenvalue weighted by Gasteiger charge is -2.21. The summed E-state index contributed by atoms with van der Waals surface area (Å²) in [5.74, 6) is -2.11. The summed E-state index contributed by atoms with van der Waals surface area (Å²) in [6.07, 6.45) is 61.1. The Kier molecular flexibility index (Phi) is 69.1. The molecule has 0 saturated carbocycles. The first-order valence-corrected chi connectivity index (χ1v) is 42.8. The Bertz CT molecular complexity index is 1810. The molecule has 0 aliphatic carbocycles. The van der Waals surface area contributed by atoms with E-state index in [1.807, 2.05) is 0 Å². The van der Waals surface area contributed by atoms with Crippen LogP contribution in [0.1, 0.15) is 407 Å². The number of hydrogen-bond donors (Lipinski definition) is 3. The third-order valence-corrected chi connectivity index (χ3v) is 19.8. The van der Waals surface area contributed by atoms with E-state index in [0.717, 1.165) is 89.9 Å². The van der Waals surface area contributed by atoms with Gasteiger partial charge in [-0.15, -0.1) is 0 Å². The zero-order valence-corrected chi connectivity index (χ0v) is 63.4. The maximum atomic E-state index is 13.1. The number of rotatable bonds is 77. The number of hydrogen-bond acceptors (Lipinski definition) is 15. The van der Waals surface area contributed by atoms with Gasteiger partial charge in [-0.2, -0.15) is 0 Å². The number of ether oxygens (including phenoxy) is 4. The summed E-state index contributed by atoms with van der Waals surface area (Å²) in [6.45, 7) is 4.97. The smallest absolute Gasteiger partial charge is 0.462 e. The number of phosphoric ester groups is 2.